The van der Waals surface area contributed by atoms with Gasteiger partial charge in [0.2, 0.25) is 0 Å². The summed E-state index contributed by atoms with van der Waals surface area (Å²) in [4.78, 5) is 6.68. The first-order valence-electron chi connectivity index (χ1n) is 5.17. The molecule has 2 nitrogen and oxygen atoms in total. The SMILES string of the molecule is CN1CCC(c2ccc(Cl)c(Cl)n2)CC1. The molecule has 1 aromatic rings. The van der Waals surface area contributed by atoms with Gasteiger partial charge in [-0.1, -0.05) is 23.2 Å². The zero-order valence-electron chi connectivity index (χ0n) is 8.71. The molecule has 0 atom stereocenters. The third-order valence-electron chi connectivity index (χ3n) is 2.96. The summed E-state index contributed by atoms with van der Waals surface area (Å²) < 4.78 is 0. The van der Waals surface area contributed by atoms with Gasteiger partial charge in [0.15, 0.2) is 0 Å². The molecule has 0 N–H and O–H groups in total. The lowest BCUT2D eigenvalue weighted by molar-refractivity contribution is 0.253. The third kappa shape index (κ3) is 2.63. The van der Waals surface area contributed by atoms with Crippen molar-refractivity contribution in [2.75, 3.05) is 20.1 Å². The van der Waals surface area contributed by atoms with Crippen LogP contribution in [0, 0.1) is 0 Å². The quantitative estimate of drug-likeness (QED) is 0.706. The van der Waals surface area contributed by atoms with Crippen molar-refractivity contribution in [3.05, 3.63) is 28.0 Å². The van der Waals surface area contributed by atoms with Gasteiger partial charge < -0.3 is 4.90 Å². The van der Waals surface area contributed by atoms with E-state index in [1.54, 1.807) is 0 Å². The Balaban J connectivity index is 2.12. The second-order valence-corrected chi connectivity index (χ2v) is 4.85. The van der Waals surface area contributed by atoms with E-state index in [4.69, 9.17) is 23.2 Å². The number of rotatable bonds is 1. The fraction of sp³-hybridized carbons (Fsp3) is 0.545. The molecule has 1 aliphatic rings. The average Bonchev–Trinajstić information content (AvgIpc) is 2.23. The molecule has 82 valence electrons. The summed E-state index contributed by atoms with van der Waals surface area (Å²) in [5.74, 6) is 0.538. The van der Waals surface area contributed by atoms with Crippen molar-refractivity contribution in [2.45, 2.75) is 18.8 Å². The number of aromatic nitrogens is 1. The summed E-state index contributed by atoms with van der Waals surface area (Å²) in [6.45, 7) is 2.26. The molecule has 0 aliphatic carbocycles. The Morgan fingerprint density at radius 2 is 1.93 bits per heavy atom. The standard InChI is InChI=1S/C11H14Cl2N2/c1-15-6-4-8(5-7-15)10-3-2-9(12)11(13)14-10/h2-3,8H,4-7H2,1H3. The second-order valence-electron chi connectivity index (χ2n) is 4.09. The van der Waals surface area contributed by atoms with Gasteiger partial charge in [-0.2, -0.15) is 0 Å². The number of piperidine rings is 1. The van der Waals surface area contributed by atoms with E-state index >= 15 is 0 Å². The molecule has 2 rings (SSSR count). The van der Waals surface area contributed by atoms with E-state index in [-0.39, 0.29) is 0 Å². The van der Waals surface area contributed by atoms with Crippen LogP contribution in [0.15, 0.2) is 12.1 Å². The molecule has 1 saturated heterocycles. The number of hydrogen-bond donors (Lipinski definition) is 0. The summed E-state index contributed by atoms with van der Waals surface area (Å²) in [7, 11) is 2.15. The predicted octanol–water partition coefficient (Wildman–Crippen LogP) is 3.20. The van der Waals surface area contributed by atoms with Crippen molar-refractivity contribution in [3.8, 4) is 0 Å². The Labute approximate surface area is 100 Å². The minimum atomic E-state index is 0.424. The minimum absolute atomic E-state index is 0.424. The van der Waals surface area contributed by atoms with Crippen LogP contribution in [0.3, 0.4) is 0 Å². The van der Waals surface area contributed by atoms with E-state index in [0.29, 0.717) is 16.1 Å². The van der Waals surface area contributed by atoms with Gasteiger partial charge in [0.1, 0.15) is 5.15 Å². The maximum atomic E-state index is 5.91. The number of pyridine rings is 1. The molecule has 0 saturated carbocycles. The molecule has 1 aromatic heterocycles. The summed E-state index contributed by atoms with van der Waals surface area (Å²) in [5, 5.41) is 0.960. The molecule has 0 radical (unpaired) electrons. The monoisotopic (exact) mass is 244 g/mol. The summed E-state index contributed by atoms with van der Waals surface area (Å²) in [5.41, 5.74) is 1.08. The molecular formula is C11H14Cl2N2. The van der Waals surface area contributed by atoms with Crippen molar-refractivity contribution in [2.24, 2.45) is 0 Å². The average molecular weight is 245 g/mol. The van der Waals surface area contributed by atoms with Crippen LogP contribution in [-0.4, -0.2) is 30.0 Å². The van der Waals surface area contributed by atoms with Crippen molar-refractivity contribution < 1.29 is 0 Å². The van der Waals surface area contributed by atoms with Crippen LogP contribution in [0.2, 0.25) is 10.2 Å². The maximum absolute atomic E-state index is 5.91. The van der Waals surface area contributed by atoms with Crippen LogP contribution in [-0.2, 0) is 0 Å². The lowest BCUT2D eigenvalue weighted by Crippen LogP contribution is -2.29. The molecule has 0 amide bonds. The highest BCUT2D eigenvalue weighted by atomic mass is 35.5. The largest absolute Gasteiger partial charge is 0.306 e. The van der Waals surface area contributed by atoms with Gasteiger partial charge in [0.05, 0.1) is 5.02 Å². The molecule has 1 aliphatic heterocycles. The van der Waals surface area contributed by atoms with Gasteiger partial charge in [0.25, 0.3) is 0 Å². The van der Waals surface area contributed by atoms with E-state index in [2.05, 4.69) is 16.9 Å². The highest BCUT2D eigenvalue weighted by Crippen LogP contribution is 2.29. The number of likely N-dealkylation sites (tertiary alicyclic amines) is 1. The normalized spacial score (nSPS) is 19.4. The predicted molar refractivity (Wildman–Crippen MR) is 63.7 cm³/mol. The second kappa shape index (κ2) is 4.69. The highest BCUT2D eigenvalue weighted by Gasteiger charge is 2.19. The Morgan fingerprint density at radius 3 is 2.53 bits per heavy atom. The van der Waals surface area contributed by atoms with Crippen LogP contribution in [0.25, 0.3) is 0 Å². The first-order chi connectivity index (χ1) is 7.16. The third-order valence-corrected chi connectivity index (χ3v) is 3.65. The smallest absolute Gasteiger partial charge is 0.147 e. The molecule has 1 fully saturated rings. The van der Waals surface area contributed by atoms with Crippen LogP contribution in [0.4, 0.5) is 0 Å². The Kier molecular flexibility index (Phi) is 3.49. The fourth-order valence-electron chi connectivity index (χ4n) is 1.96. The van der Waals surface area contributed by atoms with Gasteiger partial charge in [-0.15, -0.1) is 0 Å². The van der Waals surface area contributed by atoms with Gasteiger partial charge in [-0.05, 0) is 45.1 Å². The van der Waals surface area contributed by atoms with Gasteiger partial charge in [0, 0.05) is 11.6 Å². The lowest BCUT2D eigenvalue weighted by atomic mass is 9.93. The molecule has 0 bridgehead atoms. The topological polar surface area (TPSA) is 16.1 Å². The van der Waals surface area contributed by atoms with Crippen LogP contribution in [0.1, 0.15) is 24.5 Å². The number of halogens is 2. The zero-order valence-corrected chi connectivity index (χ0v) is 10.2. The maximum Gasteiger partial charge on any atom is 0.147 e. The van der Waals surface area contributed by atoms with E-state index < -0.39 is 0 Å². The van der Waals surface area contributed by atoms with E-state index in [9.17, 15) is 0 Å². The van der Waals surface area contributed by atoms with E-state index in [1.807, 2.05) is 12.1 Å². The minimum Gasteiger partial charge on any atom is -0.306 e. The van der Waals surface area contributed by atoms with Crippen LogP contribution >= 0.6 is 23.2 Å². The number of nitrogens with zero attached hydrogens (tertiary/aromatic N) is 2. The molecule has 0 unspecified atom stereocenters. The fourth-order valence-corrected chi connectivity index (χ4v) is 2.23. The van der Waals surface area contributed by atoms with Crippen molar-refractivity contribution >= 4 is 23.2 Å². The van der Waals surface area contributed by atoms with Crippen molar-refractivity contribution in [1.82, 2.24) is 9.88 Å². The van der Waals surface area contributed by atoms with Crippen LogP contribution < -0.4 is 0 Å². The van der Waals surface area contributed by atoms with Gasteiger partial charge >= 0.3 is 0 Å². The van der Waals surface area contributed by atoms with Crippen molar-refractivity contribution in [3.63, 3.8) is 0 Å². The summed E-state index contributed by atoms with van der Waals surface area (Å²) in [6, 6.07) is 3.83. The summed E-state index contributed by atoms with van der Waals surface area (Å²) >= 11 is 11.7. The first-order valence-corrected chi connectivity index (χ1v) is 5.93. The van der Waals surface area contributed by atoms with Gasteiger partial charge in [-0.25, -0.2) is 4.98 Å². The van der Waals surface area contributed by atoms with Gasteiger partial charge in [-0.3, -0.25) is 0 Å². The number of hydrogen-bond acceptors (Lipinski definition) is 2. The zero-order chi connectivity index (χ0) is 10.8. The Bertz CT molecular complexity index is 346. The molecule has 15 heavy (non-hydrogen) atoms. The highest BCUT2D eigenvalue weighted by molar-refractivity contribution is 6.41. The lowest BCUT2D eigenvalue weighted by Gasteiger charge is -2.28. The summed E-state index contributed by atoms with van der Waals surface area (Å²) in [6.07, 6.45) is 2.31. The molecule has 0 spiro atoms. The van der Waals surface area contributed by atoms with E-state index in [0.717, 1.165) is 31.6 Å². The Morgan fingerprint density at radius 1 is 1.27 bits per heavy atom. The molecular weight excluding hydrogens is 231 g/mol. The van der Waals surface area contributed by atoms with Crippen molar-refractivity contribution in [1.29, 1.82) is 0 Å². The van der Waals surface area contributed by atoms with Crippen LogP contribution in [0.5, 0.6) is 0 Å². The first kappa shape index (κ1) is 11.2. The Hall–Kier alpha value is -0.310. The molecule has 2 heterocycles. The molecule has 4 heteroatoms. The molecule has 0 aromatic carbocycles. The van der Waals surface area contributed by atoms with E-state index in [1.165, 1.54) is 0 Å².